The predicted molar refractivity (Wildman–Crippen MR) is 84.0 cm³/mol. The second kappa shape index (κ2) is 6.39. The Hall–Kier alpha value is -1.68. The Bertz CT molecular complexity index is 780. The Labute approximate surface area is 132 Å². The highest BCUT2D eigenvalue weighted by molar-refractivity contribution is 9.10. The molecular formula is C15H13BrN2O2S. The third kappa shape index (κ3) is 3.50. The van der Waals surface area contributed by atoms with Gasteiger partial charge in [-0.05, 0) is 29.8 Å². The van der Waals surface area contributed by atoms with E-state index < -0.39 is 10.0 Å². The molecule has 0 radical (unpaired) electrons. The molecule has 0 unspecified atom stereocenters. The van der Waals surface area contributed by atoms with Crippen molar-refractivity contribution in [2.45, 2.75) is 11.4 Å². The molecule has 2 aromatic carbocycles. The van der Waals surface area contributed by atoms with E-state index in [0.29, 0.717) is 0 Å². The molecule has 0 saturated heterocycles. The molecular weight excluding hydrogens is 352 g/mol. The SMILES string of the molecule is CN(Cc1ccc(Br)cc1)S(=O)(=O)c1ccccc1C#N. The molecule has 108 valence electrons. The Morgan fingerprint density at radius 3 is 2.38 bits per heavy atom. The minimum absolute atomic E-state index is 0.0344. The molecule has 0 aromatic heterocycles. The second-order valence-corrected chi connectivity index (χ2v) is 7.42. The summed E-state index contributed by atoms with van der Waals surface area (Å²) in [4.78, 5) is 0.0344. The van der Waals surface area contributed by atoms with Crippen LogP contribution >= 0.6 is 15.9 Å². The Balaban J connectivity index is 2.31. The fourth-order valence-electron chi connectivity index (χ4n) is 1.88. The minimum atomic E-state index is -3.69. The van der Waals surface area contributed by atoms with Crippen molar-refractivity contribution in [2.24, 2.45) is 0 Å². The van der Waals surface area contributed by atoms with E-state index >= 15 is 0 Å². The van der Waals surface area contributed by atoms with Gasteiger partial charge in [0.05, 0.1) is 10.5 Å². The van der Waals surface area contributed by atoms with Crippen LogP contribution in [0, 0.1) is 11.3 Å². The van der Waals surface area contributed by atoms with E-state index in [2.05, 4.69) is 15.9 Å². The summed E-state index contributed by atoms with van der Waals surface area (Å²) in [5, 5.41) is 9.05. The molecule has 0 aliphatic carbocycles. The highest BCUT2D eigenvalue weighted by Gasteiger charge is 2.23. The van der Waals surface area contributed by atoms with E-state index in [1.807, 2.05) is 30.3 Å². The smallest absolute Gasteiger partial charge is 0.207 e. The van der Waals surface area contributed by atoms with Gasteiger partial charge in [0, 0.05) is 18.1 Å². The van der Waals surface area contributed by atoms with Gasteiger partial charge in [0.1, 0.15) is 6.07 Å². The summed E-state index contributed by atoms with van der Waals surface area (Å²) in [6.07, 6.45) is 0. The lowest BCUT2D eigenvalue weighted by atomic mass is 10.2. The van der Waals surface area contributed by atoms with Gasteiger partial charge in [-0.3, -0.25) is 0 Å². The van der Waals surface area contributed by atoms with Crippen LogP contribution in [0.3, 0.4) is 0 Å². The van der Waals surface area contributed by atoms with E-state index in [4.69, 9.17) is 5.26 Å². The number of benzene rings is 2. The van der Waals surface area contributed by atoms with Gasteiger partial charge in [-0.15, -0.1) is 0 Å². The van der Waals surface area contributed by atoms with Gasteiger partial charge in [0.15, 0.2) is 0 Å². The second-order valence-electron chi connectivity index (χ2n) is 4.50. The fourth-order valence-corrected chi connectivity index (χ4v) is 3.45. The highest BCUT2D eigenvalue weighted by Crippen LogP contribution is 2.20. The molecule has 0 bridgehead atoms. The van der Waals surface area contributed by atoms with Crippen molar-refractivity contribution in [3.8, 4) is 6.07 Å². The molecule has 0 saturated carbocycles. The summed E-state index contributed by atoms with van der Waals surface area (Å²) in [5.41, 5.74) is 1.03. The Morgan fingerprint density at radius 2 is 1.76 bits per heavy atom. The third-order valence-corrected chi connectivity index (χ3v) is 5.40. The lowest BCUT2D eigenvalue weighted by Gasteiger charge is -2.18. The fraction of sp³-hybridized carbons (Fsp3) is 0.133. The van der Waals surface area contributed by atoms with E-state index in [-0.39, 0.29) is 17.0 Å². The first-order chi connectivity index (χ1) is 9.95. The number of sulfonamides is 1. The topological polar surface area (TPSA) is 61.2 Å². The minimum Gasteiger partial charge on any atom is -0.207 e. The molecule has 6 heteroatoms. The van der Waals surface area contributed by atoms with Crippen LogP contribution < -0.4 is 0 Å². The summed E-state index contributed by atoms with van der Waals surface area (Å²) >= 11 is 3.34. The van der Waals surface area contributed by atoms with Crippen LogP contribution in [0.25, 0.3) is 0 Å². The quantitative estimate of drug-likeness (QED) is 0.836. The van der Waals surface area contributed by atoms with Gasteiger partial charge >= 0.3 is 0 Å². The average molecular weight is 365 g/mol. The summed E-state index contributed by atoms with van der Waals surface area (Å²) in [5.74, 6) is 0. The van der Waals surface area contributed by atoms with Gasteiger partial charge in [0.25, 0.3) is 0 Å². The molecule has 4 nitrogen and oxygen atoms in total. The lowest BCUT2D eigenvalue weighted by Crippen LogP contribution is -2.27. The van der Waals surface area contributed by atoms with Crippen molar-refractivity contribution in [1.29, 1.82) is 5.26 Å². The van der Waals surface area contributed by atoms with Crippen LogP contribution in [0.5, 0.6) is 0 Å². The van der Waals surface area contributed by atoms with Crippen molar-refractivity contribution in [3.63, 3.8) is 0 Å². The maximum Gasteiger partial charge on any atom is 0.244 e. The van der Waals surface area contributed by atoms with Crippen LogP contribution in [0.1, 0.15) is 11.1 Å². The summed E-state index contributed by atoms with van der Waals surface area (Å²) in [7, 11) is -2.19. The van der Waals surface area contributed by atoms with Gasteiger partial charge in [-0.1, -0.05) is 40.2 Å². The number of rotatable bonds is 4. The highest BCUT2D eigenvalue weighted by atomic mass is 79.9. The number of hydrogen-bond acceptors (Lipinski definition) is 3. The van der Waals surface area contributed by atoms with Crippen LogP contribution in [0.4, 0.5) is 0 Å². The molecule has 2 rings (SSSR count). The standard InChI is InChI=1S/C15H13BrN2O2S/c1-18(11-12-6-8-14(16)9-7-12)21(19,20)15-5-3-2-4-13(15)10-17/h2-9H,11H2,1H3. The largest absolute Gasteiger partial charge is 0.244 e. The Morgan fingerprint density at radius 1 is 1.14 bits per heavy atom. The molecule has 0 amide bonds. The van der Waals surface area contributed by atoms with Crippen molar-refractivity contribution in [2.75, 3.05) is 7.05 Å². The summed E-state index contributed by atoms with van der Waals surface area (Å²) in [6.45, 7) is 0.245. The maximum absolute atomic E-state index is 12.5. The lowest BCUT2D eigenvalue weighted by molar-refractivity contribution is 0.466. The number of hydrogen-bond donors (Lipinski definition) is 0. The molecule has 2 aromatic rings. The molecule has 0 fully saturated rings. The molecule has 0 heterocycles. The third-order valence-electron chi connectivity index (χ3n) is 3.01. The molecule has 0 atom stereocenters. The van der Waals surface area contributed by atoms with Crippen molar-refractivity contribution >= 4 is 26.0 Å². The zero-order chi connectivity index (χ0) is 15.5. The molecule has 0 aliphatic rings. The first-order valence-corrected chi connectivity index (χ1v) is 8.38. The molecule has 0 spiro atoms. The van der Waals surface area contributed by atoms with Crippen LogP contribution in [0.2, 0.25) is 0 Å². The van der Waals surface area contributed by atoms with E-state index in [1.54, 1.807) is 12.1 Å². The van der Waals surface area contributed by atoms with Crippen LogP contribution in [-0.2, 0) is 16.6 Å². The van der Waals surface area contributed by atoms with E-state index in [1.165, 1.54) is 23.5 Å². The van der Waals surface area contributed by atoms with Gasteiger partial charge in [0.2, 0.25) is 10.0 Å². The predicted octanol–water partition coefficient (Wildman–Crippen LogP) is 3.14. The van der Waals surface area contributed by atoms with Crippen LogP contribution in [-0.4, -0.2) is 19.8 Å². The number of nitrogens with zero attached hydrogens (tertiary/aromatic N) is 2. The van der Waals surface area contributed by atoms with Gasteiger partial charge in [-0.2, -0.15) is 9.57 Å². The number of halogens is 1. The van der Waals surface area contributed by atoms with E-state index in [9.17, 15) is 8.42 Å². The first-order valence-electron chi connectivity index (χ1n) is 6.15. The van der Waals surface area contributed by atoms with Gasteiger partial charge < -0.3 is 0 Å². The van der Waals surface area contributed by atoms with E-state index in [0.717, 1.165) is 10.0 Å². The number of nitriles is 1. The summed E-state index contributed by atoms with van der Waals surface area (Å²) in [6, 6.07) is 15.6. The monoisotopic (exact) mass is 364 g/mol. The summed E-state index contributed by atoms with van der Waals surface area (Å²) < 4.78 is 27.3. The normalized spacial score (nSPS) is 11.3. The first kappa shape index (κ1) is 15.7. The van der Waals surface area contributed by atoms with Crippen molar-refractivity contribution in [3.05, 3.63) is 64.1 Å². The molecule has 21 heavy (non-hydrogen) atoms. The zero-order valence-corrected chi connectivity index (χ0v) is 13.7. The zero-order valence-electron chi connectivity index (χ0n) is 11.3. The average Bonchev–Trinajstić information content (AvgIpc) is 2.49. The molecule has 0 N–H and O–H groups in total. The maximum atomic E-state index is 12.5. The Kier molecular flexibility index (Phi) is 4.78. The van der Waals surface area contributed by atoms with Crippen molar-refractivity contribution < 1.29 is 8.42 Å². The van der Waals surface area contributed by atoms with Crippen LogP contribution in [0.15, 0.2) is 57.9 Å². The van der Waals surface area contributed by atoms with Crippen molar-refractivity contribution in [1.82, 2.24) is 4.31 Å². The molecule has 0 aliphatic heterocycles. The van der Waals surface area contributed by atoms with Gasteiger partial charge in [-0.25, -0.2) is 8.42 Å².